The molecule has 0 aliphatic rings. The fraction of sp³-hybridized carbons (Fsp3) is 0.400. The fourth-order valence-corrected chi connectivity index (χ4v) is 1.52. The van der Waals surface area contributed by atoms with Crippen molar-refractivity contribution in [3.05, 3.63) is 34.3 Å². The van der Waals surface area contributed by atoms with Crippen LogP contribution in [0.1, 0.15) is 17.2 Å². The standard InChI is InChI=1S/C10H11ClF3NO2/c11-7-2-1-5(9(17)8(16)4-15)3-6(7)10(12,13)14/h1-3,8-9,16-17H,4,15H2. The lowest BCUT2D eigenvalue weighted by atomic mass is 10.0. The van der Waals surface area contributed by atoms with Crippen molar-refractivity contribution >= 4 is 11.6 Å². The summed E-state index contributed by atoms with van der Waals surface area (Å²) in [6, 6.07) is 2.93. The van der Waals surface area contributed by atoms with Gasteiger partial charge in [0, 0.05) is 6.54 Å². The zero-order valence-electron chi connectivity index (χ0n) is 8.58. The molecule has 0 aromatic heterocycles. The van der Waals surface area contributed by atoms with Crippen molar-refractivity contribution in [3.8, 4) is 0 Å². The highest BCUT2D eigenvalue weighted by Crippen LogP contribution is 2.36. The molecule has 0 aliphatic heterocycles. The van der Waals surface area contributed by atoms with E-state index in [9.17, 15) is 23.4 Å². The minimum atomic E-state index is -4.61. The highest BCUT2D eigenvalue weighted by atomic mass is 35.5. The van der Waals surface area contributed by atoms with Gasteiger partial charge < -0.3 is 15.9 Å². The number of hydrogen-bond acceptors (Lipinski definition) is 3. The molecule has 0 aliphatic carbocycles. The molecule has 2 atom stereocenters. The average Bonchev–Trinajstić information content (AvgIpc) is 2.26. The van der Waals surface area contributed by atoms with Gasteiger partial charge in [0.2, 0.25) is 0 Å². The van der Waals surface area contributed by atoms with Crippen LogP contribution in [-0.4, -0.2) is 22.9 Å². The maximum Gasteiger partial charge on any atom is 0.417 e. The third kappa shape index (κ3) is 3.32. The van der Waals surface area contributed by atoms with Crippen molar-refractivity contribution in [2.45, 2.75) is 18.4 Å². The molecule has 0 radical (unpaired) electrons. The second kappa shape index (κ2) is 5.22. The zero-order chi connectivity index (χ0) is 13.2. The predicted octanol–water partition coefficient (Wildman–Crippen LogP) is 1.71. The minimum absolute atomic E-state index is 0.0836. The van der Waals surface area contributed by atoms with Crippen molar-refractivity contribution in [2.24, 2.45) is 5.73 Å². The van der Waals surface area contributed by atoms with E-state index in [1.807, 2.05) is 0 Å². The number of rotatable bonds is 3. The normalized spacial score (nSPS) is 15.7. The van der Waals surface area contributed by atoms with Crippen LogP contribution in [0.2, 0.25) is 5.02 Å². The molecular formula is C10H11ClF3NO2. The summed E-state index contributed by atoms with van der Waals surface area (Å²) < 4.78 is 37.6. The summed E-state index contributed by atoms with van der Waals surface area (Å²) >= 11 is 5.41. The number of aliphatic hydroxyl groups excluding tert-OH is 2. The Balaban J connectivity index is 3.13. The Morgan fingerprint density at radius 1 is 1.29 bits per heavy atom. The van der Waals surface area contributed by atoms with Crippen LogP contribution in [0.4, 0.5) is 13.2 Å². The molecule has 4 N–H and O–H groups in total. The summed E-state index contributed by atoms with van der Waals surface area (Å²) in [5.74, 6) is 0. The van der Waals surface area contributed by atoms with E-state index in [1.54, 1.807) is 0 Å². The van der Waals surface area contributed by atoms with Gasteiger partial charge >= 0.3 is 6.18 Å². The summed E-state index contributed by atoms with van der Waals surface area (Å²) in [5.41, 5.74) is 3.97. The number of alkyl halides is 3. The van der Waals surface area contributed by atoms with E-state index >= 15 is 0 Å². The zero-order valence-corrected chi connectivity index (χ0v) is 9.33. The van der Waals surface area contributed by atoms with E-state index in [0.717, 1.165) is 6.07 Å². The molecule has 0 saturated heterocycles. The molecule has 96 valence electrons. The summed E-state index contributed by atoms with van der Waals surface area (Å²) in [6.45, 7) is -0.259. The molecule has 1 aromatic carbocycles. The smallest absolute Gasteiger partial charge is 0.389 e. The van der Waals surface area contributed by atoms with Crippen LogP contribution in [0.5, 0.6) is 0 Å². The highest BCUT2D eigenvalue weighted by molar-refractivity contribution is 6.31. The number of benzene rings is 1. The van der Waals surface area contributed by atoms with E-state index in [1.165, 1.54) is 6.07 Å². The summed E-state index contributed by atoms with van der Waals surface area (Å²) in [5, 5.41) is 18.3. The van der Waals surface area contributed by atoms with E-state index in [0.29, 0.717) is 6.07 Å². The van der Waals surface area contributed by atoms with E-state index < -0.39 is 29.0 Å². The van der Waals surface area contributed by atoms with Crippen LogP contribution in [0.25, 0.3) is 0 Å². The van der Waals surface area contributed by atoms with Crippen molar-refractivity contribution in [2.75, 3.05) is 6.54 Å². The van der Waals surface area contributed by atoms with Crippen molar-refractivity contribution < 1.29 is 23.4 Å². The second-order valence-electron chi connectivity index (χ2n) is 3.48. The molecule has 1 aromatic rings. The Morgan fingerprint density at radius 3 is 2.35 bits per heavy atom. The van der Waals surface area contributed by atoms with Gasteiger partial charge in [-0.3, -0.25) is 0 Å². The SMILES string of the molecule is NCC(O)C(O)c1ccc(Cl)c(C(F)(F)F)c1. The molecule has 7 heteroatoms. The molecule has 17 heavy (non-hydrogen) atoms. The molecule has 0 fully saturated rings. The first-order chi connectivity index (χ1) is 7.77. The van der Waals surface area contributed by atoms with Crippen molar-refractivity contribution in [3.63, 3.8) is 0 Å². The fourth-order valence-electron chi connectivity index (χ4n) is 1.30. The second-order valence-corrected chi connectivity index (χ2v) is 3.89. The lowest BCUT2D eigenvalue weighted by Crippen LogP contribution is -2.27. The van der Waals surface area contributed by atoms with E-state index in [4.69, 9.17) is 17.3 Å². The number of halogens is 4. The highest BCUT2D eigenvalue weighted by Gasteiger charge is 2.34. The quantitative estimate of drug-likeness (QED) is 0.783. The Bertz CT molecular complexity index is 398. The number of nitrogens with two attached hydrogens (primary N) is 1. The minimum Gasteiger partial charge on any atom is -0.389 e. The van der Waals surface area contributed by atoms with Crippen LogP contribution in [0.3, 0.4) is 0 Å². The molecule has 0 heterocycles. The van der Waals surface area contributed by atoms with Gasteiger partial charge in [0.05, 0.1) is 16.7 Å². The van der Waals surface area contributed by atoms with Crippen molar-refractivity contribution in [1.82, 2.24) is 0 Å². The van der Waals surface area contributed by atoms with Crippen LogP contribution in [-0.2, 0) is 6.18 Å². The third-order valence-corrected chi connectivity index (χ3v) is 2.57. The van der Waals surface area contributed by atoms with Crippen LogP contribution >= 0.6 is 11.6 Å². The molecule has 0 saturated carbocycles. The van der Waals surface area contributed by atoms with Gasteiger partial charge in [-0.15, -0.1) is 0 Å². The number of aliphatic hydroxyl groups is 2. The van der Waals surface area contributed by atoms with Gasteiger partial charge in [0.15, 0.2) is 0 Å². The lowest BCUT2D eigenvalue weighted by Gasteiger charge is -2.18. The first-order valence-corrected chi connectivity index (χ1v) is 5.08. The van der Waals surface area contributed by atoms with Gasteiger partial charge in [-0.1, -0.05) is 17.7 Å². The lowest BCUT2D eigenvalue weighted by molar-refractivity contribution is -0.137. The van der Waals surface area contributed by atoms with Crippen LogP contribution in [0.15, 0.2) is 18.2 Å². The van der Waals surface area contributed by atoms with Gasteiger partial charge in [-0.2, -0.15) is 13.2 Å². The molecule has 0 spiro atoms. The molecule has 0 bridgehead atoms. The Morgan fingerprint density at radius 2 is 1.88 bits per heavy atom. The summed E-state index contributed by atoms with van der Waals surface area (Å²) in [6.07, 6.45) is -7.41. The first-order valence-electron chi connectivity index (χ1n) is 4.70. The molecule has 1 rings (SSSR count). The Kier molecular flexibility index (Phi) is 4.37. The largest absolute Gasteiger partial charge is 0.417 e. The van der Waals surface area contributed by atoms with Gasteiger partial charge in [-0.25, -0.2) is 0 Å². The summed E-state index contributed by atoms with van der Waals surface area (Å²) in [4.78, 5) is 0. The molecule has 2 unspecified atom stereocenters. The van der Waals surface area contributed by atoms with Gasteiger partial charge in [0.25, 0.3) is 0 Å². The Labute approximate surface area is 101 Å². The topological polar surface area (TPSA) is 66.5 Å². The molecular weight excluding hydrogens is 259 g/mol. The maximum atomic E-state index is 12.5. The van der Waals surface area contributed by atoms with Crippen molar-refractivity contribution in [1.29, 1.82) is 0 Å². The monoisotopic (exact) mass is 269 g/mol. The predicted molar refractivity (Wildman–Crippen MR) is 56.5 cm³/mol. The van der Waals surface area contributed by atoms with E-state index in [-0.39, 0.29) is 12.1 Å². The average molecular weight is 270 g/mol. The van der Waals surface area contributed by atoms with Crippen LogP contribution in [0, 0.1) is 0 Å². The number of hydrogen-bond donors (Lipinski definition) is 3. The van der Waals surface area contributed by atoms with E-state index in [2.05, 4.69) is 0 Å². The Hall–Kier alpha value is -0.820. The summed E-state index contributed by atoms with van der Waals surface area (Å²) in [7, 11) is 0. The maximum absolute atomic E-state index is 12.5. The van der Waals surface area contributed by atoms with Gasteiger partial charge in [-0.05, 0) is 17.7 Å². The third-order valence-electron chi connectivity index (χ3n) is 2.24. The molecule has 0 amide bonds. The molecule has 3 nitrogen and oxygen atoms in total. The van der Waals surface area contributed by atoms with Gasteiger partial charge in [0.1, 0.15) is 6.10 Å². The first kappa shape index (κ1) is 14.2. The van der Waals surface area contributed by atoms with Crippen LogP contribution < -0.4 is 5.73 Å².